The fraction of sp³-hybridized carbons (Fsp3) is 0.680. The first-order valence-corrected chi connectivity index (χ1v) is 12.4. The third-order valence-corrected chi connectivity index (χ3v) is 7.63. The molecule has 1 aliphatic carbocycles. The number of hydrogen-bond acceptors (Lipinski definition) is 4. The molecule has 1 aromatic carbocycles. The van der Waals surface area contributed by atoms with Crippen LogP contribution in [0.2, 0.25) is 0 Å². The Balaban J connectivity index is 1.36. The highest BCUT2D eigenvalue weighted by Gasteiger charge is 2.33. The summed E-state index contributed by atoms with van der Waals surface area (Å²) in [5.41, 5.74) is 1.15. The van der Waals surface area contributed by atoms with E-state index in [9.17, 15) is 14.7 Å². The minimum atomic E-state index is -0.707. The predicted octanol–water partition coefficient (Wildman–Crippen LogP) is 3.06. The first kappa shape index (κ1) is 23.1. The minimum Gasteiger partial charge on any atom is -0.481 e. The van der Waals surface area contributed by atoms with E-state index in [1.165, 1.54) is 12.8 Å². The fourth-order valence-electron chi connectivity index (χ4n) is 5.62. The summed E-state index contributed by atoms with van der Waals surface area (Å²) in [4.78, 5) is 29.3. The van der Waals surface area contributed by atoms with Crippen LogP contribution in [0, 0.1) is 5.92 Å². The van der Waals surface area contributed by atoms with Crippen molar-refractivity contribution in [3.8, 4) is 0 Å². The molecule has 3 aliphatic rings. The number of aliphatic carboxylic acids is 1. The average molecular weight is 443 g/mol. The molecule has 0 spiro atoms. The molecular weight excluding hydrogens is 404 g/mol. The summed E-state index contributed by atoms with van der Waals surface area (Å²) in [7, 11) is 0. The predicted molar refractivity (Wildman–Crippen MR) is 124 cm³/mol. The number of carbonyl (C=O) groups is 2. The van der Waals surface area contributed by atoms with E-state index in [0.29, 0.717) is 25.4 Å². The molecule has 7 nitrogen and oxygen atoms in total. The van der Waals surface area contributed by atoms with E-state index in [1.807, 2.05) is 23.1 Å². The Labute approximate surface area is 191 Å². The number of carboxylic acid groups (broad SMARTS) is 1. The van der Waals surface area contributed by atoms with Gasteiger partial charge >= 0.3 is 12.0 Å². The van der Waals surface area contributed by atoms with Crippen LogP contribution in [0.15, 0.2) is 30.3 Å². The largest absolute Gasteiger partial charge is 0.481 e. The van der Waals surface area contributed by atoms with E-state index in [1.54, 1.807) is 0 Å². The van der Waals surface area contributed by atoms with Crippen LogP contribution in [0.25, 0.3) is 0 Å². The van der Waals surface area contributed by atoms with Crippen molar-refractivity contribution in [1.82, 2.24) is 20.4 Å². The van der Waals surface area contributed by atoms with E-state index in [0.717, 1.165) is 57.4 Å². The van der Waals surface area contributed by atoms with E-state index < -0.39 is 5.97 Å². The van der Waals surface area contributed by atoms with Gasteiger partial charge in [0.1, 0.15) is 0 Å². The summed E-state index contributed by atoms with van der Waals surface area (Å²) >= 11 is 0. The Morgan fingerprint density at radius 2 is 1.62 bits per heavy atom. The highest BCUT2D eigenvalue weighted by Crippen LogP contribution is 2.26. The molecule has 0 radical (unpaired) electrons. The van der Waals surface area contributed by atoms with E-state index in [2.05, 4.69) is 27.7 Å². The minimum absolute atomic E-state index is 0.00736. The van der Waals surface area contributed by atoms with Gasteiger partial charge in [0.25, 0.3) is 0 Å². The smallest absolute Gasteiger partial charge is 0.318 e. The molecule has 1 aromatic rings. The maximum Gasteiger partial charge on any atom is 0.318 e. The highest BCUT2D eigenvalue weighted by atomic mass is 16.4. The van der Waals surface area contributed by atoms with Crippen molar-refractivity contribution < 1.29 is 14.7 Å². The van der Waals surface area contributed by atoms with Crippen molar-refractivity contribution in [1.29, 1.82) is 0 Å². The number of likely N-dealkylation sites (tertiary alicyclic amines) is 1. The van der Waals surface area contributed by atoms with Crippen molar-refractivity contribution in [2.45, 2.75) is 76.0 Å². The van der Waals surface area contributed by atoms with Gasteiger partial charge in [0.2, 0.25) is 0 Å². The molecule has 3 N–H and O–H groups in total. The number of urea groups is 1. The van der Waals surface area contributed by atoms with Crippen LogP contribution in [0.1, 0.15) is 56.9 Å². The molecule has 2 amide bonds. The summed E-state index contributed by atoms with van der Waals surface area (Å²) in [5, 5.41) is 15.9. The van der Waals surface area contributed by atoms with Gasteiger partial charge in [-0.15, -0.1) is 0 Å². The molecule has 2 aliphatic heterocycles. The van der Waals surface area contributed by atoms with Gasteiger partial charge in [-0.05, 0) is 70.0 Å². The Bertz CT molecular complexity index is 737. The molecule has 32 heavy (non-hydrogen) atoms. The third kappa shape index (κ3) is 6.01. The molecular formula is C25H38N4O3. The monoisotopic (exact) mass is 442 g/mol. The van der Waals surface area contributed by atoms with Crippen molar-refractivity contribution in [3.05, 3.63) is 35.9 Å². The van der Waals surface area contributed by atoms with Crippen LogP contribution in [-0.4, -0.2) is 71.2 Å². The van der Waals surface area contributed by atoms with E-state index >= 15 is 0 Å². The van der Waals surface area contributed by atoms with Crippen LogP contribution in [0.5, 0.6) is 0 Å². The first-order valence-electron chi connectivity index (χ1n) is 12.4. The zero-order valence-electron chi connectivity index (χ0n) is 19.0. The summed E-state index contributed by atoms with van der Waals surface area (Å²) in [5.74, 6) is -0.969. The van der Waals surface area contributed by atoms with Crippen molar-refractivity contribution in [3.63, 3.8) is 0 Å². The quantitative estimate of drug-likeness (QED) is 0.631. The van der Waals surface area contributed by atoms with Gasteiger partial charge in [-0.2, -0.15) is 0 Å². The zero-order chi connectivity index (χ0) is 22.3. The lowest BCUT2D eigenvalue weighted by Gasteiger charge is -2.43. The number of hydrogen-bond donors (Lipinski definition) is 3. The lowest BCUT2D eigenvalue weighted by molar-refractivity contribution is -0.142. The Kier molecular flexibility index (Phi) is 8.03. The SMILES string of the molecule is O=C(O)C1CCC(NC(=O)N(Cc2ccccc2)C2CCN(C3CCNCC3)CC2)CC1. The molecule has 0 unspecified atom stereocenters. The van der Waals surface area contributed by atoms with Crippen LogP contribution >= 0.6 is 0 Å². The molecule has 0 bridgehead atoms. The van der Waals surface area contributed by atoms with Crippen LogP contribution in [-0.2, 0) is 11.3 Å². The lowest BCUT2D eigenvalue weighted by atomic mass is 9.86. The number of rotatable bonds is 6. The number of nitrogens with one attached hydrogen (secondary N) is 2. The Morgan fingerprint density at radius 1 is 0.969 bits per heavy atom. The topological polar surface area (TPSA) is 84.9 Å². The van der Waals surface area contributed by atoms with Crippen molar-refractivity contribution in [2.24, 2.45) is 5.92 Å². The molecule has 3 fully saturated rings. The fourth-order valence-corrected chi connectivity index (χ4v) is 5.62. The number of piperidine rings is 2. The molecule has 2 heterocycles. The van der Waals surface area contributed by atoms with Gasteiger partial charge < -0.3 is 25.5 Å². The number of carboxylic acids is 1. The zero-order valence-corrected chi connectivity index (χ0v) is 19.0. The lowest BCUT2D eigenvalue weighted by Crippen LogP contribution is -2.54. The van der Waals surface area contributed by atoms with E-state index in [-0.39, 0.29) is 24.0 Å². The molecule has 176 valence electrons. The third-order valence-electron chi connectivity index (χ3n) is 7.63. The Hall–Kier alpha value is -2.12. The van der Waals surface area contributed by atoms with Gasteiger partial charge in [-0.3, -0.25) is 4.79 Å². The standard InChI is InChI=1S/C25H38N4O3/c30-24(31)20-6-8-21(9-7-20)27-25(32)29(18-19-4-2-1-3-5-19)23-12-16-28(17-13-23)22-10-14-26-15-11-22/h1-5,20-23,26H,6-18H2,(H,27,32)(H,30,31). The van der Waals surface area contributed by atoms with E-state index in [4.69, 9.17) is 0 Å². The summed E-state index contributed by atoms with van der Waals surface area (Å²) in [6.07, 6.45) is 7.24. The number of amides is 2. The first-order chi connectivity index (χ1) is 15.6. The van der Waals surface area contributed by atoms with Gasteiger partial charge in [0.05, 0.1) is 5.92 Å². The van der Waals surface area contributed by atoms with Crippen LogP contribution in [0.4, 0.5) is 4.79 Å². The number of carbonyl (C=O) groups excluding carboxylic acids is 1. The number of benzene rings is 1. The number of nitrogens with zero attached hydrogens (tertiary/aromatic N) is 2. The summed E-state index contributed by atoms with van der Waals surface area (Å²) < 4.78 is 0. The molecule has 4 rings (SSSR count). The maximum absolute atomic E-state index is 13.4. The molecule has 0 aromatic heterocycles. The summed E-state index contributed by atoms with van der Waals surface area (Å²) in [6, 6.07) is 11.2. The maximum atomic E-state index is 13.4. The normalized spacial score (nSPS) is 25.9. The van der Waals surface area contributed by atoms with Gasteiger partial charge in [-0.1, -0.05) is 30.3 Å². The van der Waals surface area contributed by atoms with Crippen LogP contribution in [0.3, 0.4) is 0 Å². The van der Waals surface area contributed by atoms with Gasteiger partial charge in [0.15, 0.2) is 0 Å². The van der Waals surface area contributed by atoms with Gasteiger partial charge in [0, 0.05) is 37.8 Å². The second-order valence-corrected chi connectivity index (χ2v) is 9.70. The summed E-state index contributed by atoms with van der Waals surface area (Å²) in [6.45, 7) is 4.94. The second-order valence-electron chi connectivity index (χ2n) is 9.70. The molecule has 0 atom stereocenters. The Morgan fingerprint density at radius 3 is 2.25 bits per heavy atom. The van der Waals surface area contributed by atoms with Crippen LogP contribution < -0.4 is 10.6 Å². The van der Waals surface area contributed by atoms with Gasteiger partial charge in [-0.25, -0.2) is 4.79 Å². The average Bonchev–Trinajstić information content (AvgIpc) is 2.84. The molecule has 1 saturated carbocycles. The second kappa shape index (κ2) is 11.1. The molecule has 2 saturated heterocycles. The highest BCUT2D eigenvalue weighted by molar-refractivity contribution is 5.75. The molecule has 7 heteroatoms. The van der Waals surface area contributed by atoms with Crippen molar-refractivity contribution in [2.75, 3.05) is 26.2 Å². The van der Waals surface area contributed by atoms with Crippen molar-refractivity contribution >= 4 is 12.0 Å².